The first-order chi connectivity index (χ1) is 9.51. The quantitative estimate of drug-likeness (QED) is 0.900. The molecule has 0 saturated heterocycles. The van der Waals surface area contributed by atoms with Crippen molar-refractivity contribution in [3.05, 3.63) is 29.1 Å². The SMILES string of the molecule is CC[C@H](NC(=O)Cn1cc(Cl)c(C)n1)c1ncnn1C. The summed E-state index contributed by atoms with van der Waals surface area (Å²) in [4.78, 5) is 16.2. The summed E-state index contributed by atoms with van der Waals surface area (Å²) in [5.74, 6) is 0.592. The molecule has 108 valence electrons. The van der Waals surface area contributed by atoms with Crippen molar-refractivity contribution in [1.29, 1.82) is 0 Å². The van der Waals surface area contributed by atoms with Gasteiger partial charge in [-0.1, -0.05) is 18.5 Å². The fourth-order valence-electron chi connectivity index (χ4n) is 1.93. The lowest BCUT2D eigenvalue weighted by Crippen LogP contribution is -2.32. The number of amides is 1. The summed E-state index contributed by atoms with van der Waals surface area (Å²) in [6, 6.07) is -0.165. The molecule has 0 saturated carbocycles. The molecule has 0 aliphatic rings. The van der Waals surface area contributed by atoms with Crippen molar-refractivity contribution in [2.75, 3.05) is 0 Å². The van der Waals surface area contributed by atoms with E-state index in [1.54, 1.807) is 24.9 Å². The molecular weight excluding hydrogens is 280 g/mol. The van der Waals surface area contributed by atoms with Gasteiger partial charge in [-0.05, 0) is 13.3 Å². The average Bonchev–Trinajstić information content (AvgIpc) is 2.93. The van der Waals surface area contributed by atoms with Crippen LogP contribution >= 0.6 is 11.6 Å². The highest BCUT2D eigenvalue weighted by molar-refractivity contribution is 6.31. The number of halogens is 1. The molecular formula is C12H17ClN6O. The minimum atomic E-state index is -0.165. The molecule has 7 nitrogen and oxygen atoms in total. The van der Waals surface area contributed by atoms with Gasteiger partial charge in [0.15, 0.2) is 0 Å². The van der Waals surface area contributed by atoms with E-state index in [0.29, 0.717) is 10.7 Å². The van der Waals surface area contributed by atoms with Gasteiger partial charge in [-0.15, -0.1) is 0 Å². The molecule has 1 atom stereocenters. The zero-order valence-electron chi connectivity index (χ0n) is 11.7. The Balaban J connectivity index is 2.01. The first-order valence-corrected chi connectivity index (χ1v) is 6.71. The summed E-state index contributed by atoms with van der Waals surface area (Å²) in [6.07, 6.45) is 3.84. The molecule has 0 fully saturated rings. The van der Waals surface area contributed by atoms with E-state index in [2.05, 4.69) is 20.5 Å². The smallest absolute Gasteiger partial charge is 0.242 e. The van der Waals surface area contributed by atoms with Gasteiger partial charge < -0.3 is 5.32 Å². The highest BCUT2D eigenvalue weighted by Crippen LogP contribution is 2.14. The number of nitrogens with zero attached hydrogens (tertiary/aromatic N) is 5. The van der Waals surface area contributed by atoms with E-state index in [4.69, 9.17) is 11.6 Å². The van der Waals surface area contributed by atoms with Crippen LogP contribution in [0.4, 0.5) is 0 Å². The second-order valence-corrected chi connectivity index (χ2v) is 4.94. The Bertz CT molecular complexity index is 585. The Kier molecular flexibility index (Phi) is 4.39. The number of aromatic nitrogens is 5. The third-order valence-corrected chi connectivity index (χ3v) is 3.36. The van der Waals surface area contributed by atoms with Crippen molar-refractivity contribution in [2.45, 2.75) is 32.9 Å². The Morgan fingerprint density at radius 1 is 1.55 bits per heavy atom. The number of nitrogens with one attached hydrogen (secondary N) is 1. The molecule has 0 aliphatic heterocycles. The van der Waals surface area contributed by atoms with Crippen LogP contribution in [0.5, 0.6) is 0 Å². The molecule has 20 heavy (non-hydrogen) atoms. The average molecular weight is 297 g/mol. The van der Waals surface area contributed by atoms with E-state index in [-0.39, 0.29) is 18.5 Å². The fraction of sp³-hybridized carbons (Fsp3) is 0.500. The van der Waals surface area contributed by atoms with Crippen LogP contribution in [-0.2, 0) is 18.4 Å². The predicted molar refractivity (Wildman–Crippen MR) is 74.2 cm³/mol. The van der Waals surface area contributed by atoms with Crippen molar-refractivity contribution in [3.63, 3.8) is 0 Å². The zero-order chi connectivity index (χ0) is 14.7. The molecule has 2 rings (SSSR count). The molecule has 0 unspecified atom stereocenters. The van der Waals surface area contributed by atoms with E-state index in [1.807, 2.05) is 6.92 Å². The lowest BCUT2D eigenvalue weighted by molar-refractivity contribution is -0.122. The third kappa shape index (κ3) is 3.16. The lowest BCUT2D eigenvalue weighted by atomic mass is 10.2. The summed E-state index contributed by atoms with van der Waals surface area (Å²) < 4.78 is 3.18. The van der Waals surface area contributed by atoms with Gasteiger partial charge in [0, 0.05) is 13.2 Å². The standard InChI is InChI=1S/C12H17ClN6O/c1-4-10(12-14-7-15-18(12)3)16-11(20)6-19-5-9(13)8(2)17-19/h5,7,10H,4,6H2,1-3H3,(H,16,20)/t10-/m0/s1. The largest absolute Gasteiger partial charge is 0.344 e. The second kappa shape index (κ2) is 6.04. The molecule has 1 N–H and O–H groups in total. The minimum Gasteiger partial charge on any atom is -0.344 e. The van der Waals surface area contributed by atoms with Crippen LogP contribution < -0.4 is 5.32 Å². The van der Waals surface area contributed by atoms with Crippen LogP contribution in [-0.4, -0.2) is 30.5 Å². The Hall–Kier alpha value is -1.89. The number of hydrogen-bond acceptors (Lipinski definition) is 4. The van der Waals surface area contributed by atoms with Crippen molar-refractivity contribution in [2.24, 2.45) is 7.05 Å². The van der Waals surface area contributed by atoms with Crippen molar-refractivity contribution >= 4 is 17.5 Å². The summed E-state index contributed by atoms with van der Waals surface area (Å²) >= 11 is 5.91. The van der Waals surface area contributed by atoms with Crippen molar-refractivity contribution in [3.8, 4) is 0 Å². The van der Waals surface area contributed by atoms with E-state index < -0.39 is 0 Å². The monoisotopic (exact) mass is 296 g/mol. The molecule has 0 aromatic carbocycles. The zero-order valence-corrected chi connectivity index (χ0v) is 12.4. The molecule has 8 heteroatoms. The van der Waals surface area contributed by atoms with E-state index in [1.165, 1.54) is 11.0 Å². The van der Waals surface area contributed by atoms with Crippen LogP contribution in [0.1, 0.15) is 30.9 Å². The van der Waals surface area contributed by atoms with Crippen molar-refractivity contribution < 1.29 is 4.79 Å². The topological polar surface area (TPSA) is 77.6 Å². The molecule has 2 aromatic heterocycles. The second-order valence-electron chi connectivity index (χ2n) is 4.53. The van der Waals surface area contributed by atoms with Gasteiger partial charge in [0.1, 0.15) is 18.7 Å². The molecule has 1 amide bonds. The van der Waals surface area contributed by atoms with Gasteiger partial charge in [0.2, 0.25) is 5.91 Å². The first kappa shape index (κ1) is 14.5. The normalized spacial score (nSPS) is 12.4. The van der Waals surface area contributed by atoms with E-state index >= 15 is 0 Å². The van der Waals surface area contributed by atoms with Gasteiger partial charge in [0.05, 0.1) is 16.8 Å². The van der Waals surface area contributed by atoms with Gasteiger partial charge in [-0.2, -0.15) is 10.2 Å². The molecule has 0 spiro atoms. The number of hydrogen-bond donors (Lipinski definition) is 1. The van der Waals surface area contributed by atoms with Gasteiger partial charge in [-0.3, -0.25) is 14.2 Å². The van der Waals surface area contributed by atoms with Gasteiger partial charge in [-0.25, -0.2) is 4.98 Å². The third-order valence-electron chi connectivity index (χ3n) is 2.99. The molecule has 2 aromatic rings. The van der Waals surface area contributed by atoms with E-state index in [9.17, 15) is 4.79 Å². The molecule has 2 heterocycles. The summed E-state index contributed by atoms with van der Waals surface area (Å²) in [5.41, 5.74) is 0.708. The summed E-state index contributed by atoms with van der Waals surface area (Å²) in [6.45, 7) is 3.90. The molecule has 0 radical (unpaired) electrons. The number of carbonyl (C=O) groups is 1. The van der Waals surface area contributed by atoms with Crippen LogP contribution in [0.25, 0.3) is 0 Å². The van der Waals surface area contributed by atoms with Crippen molar-refractivity contribution in [1.82, 2.24) is 29.9 Å². The van der Waals surface area contributed by atoms with Crippen LogP contribution in [0.3, 0.4) is 0 Å². The predicted octanol–water partition coefficient (Wildman–Crippen LogP) is 1.24. The Morgan fingerprint density at radius 3 is 2.80 bits per heavy atom. The van der Waals surface area contributed by atoms with Crippen LogP contribution in [0, 0.1) is 6.92 Å². The number of carbonyl (C=O) groups excluding carboxylic acids is 1. The maximum absolute atomic E-state index is 12.0. The Morgan fingerprint density at radius 2 is 2.30 bits per heavy atom. The summed E-state index contributed by atoms with van der Waals surface area (Å²) in [5, 5.41) is 11.6. The minimum absolute atomic E-state index is 0.127. The highest BCUT2D eigenvalue weighted by atomic mass is 35.5. The lowest BCUT2D eigenvalue weighted by Gasteiger charge is -2.15. The number of aryl methyl sites for hydroxylation is 2. The van der Waals surface area contributed by atoms with Crippen LogP contribution in [0.2, 0.25) is 5.02 Å². The highest BCUT2D eigenvalue weighted by Gasteiger charge is 2.17. The first-order valence-electron chi connectivity index (χ1n) is 6.34. The Labute approximate surface area is 121 Å². The fourth-order valence-corrected chi connectivity index (χ4v) is 2.08. The van der Waals surface area contributed by atoms with Gasteiger partial charge >= 0.3 is 0 Å². The summed E-state index contributed by atoms with van der Waals surface area (Å²) in [7, 11) is 1.80. The maximum Gasteiger partial charge on any atom is 0.242 e. The molecule has 0 aliphatic carbocycles. The van der Waals surface area contributed by atoms with Crippen LogP contribution in [0.15, 0.2) is 12.5 Å². The van der Waals surface area contributed by atoms with E-state index in [0.717, 1.165) is 12.2 Å². The van der Waals surface area contributed by atoms with Gasteiger partial charge in [0.25, 0.3) is 0 Å². The number of rotatable bonds is 5. The maximum atomic E-state index is 12.0. The molecule has 0 bridgehead atoms.